The lowest BCUT2D eigenvalue weighted by atomic mass is 9.83. The van der Waals surface area contributed by atoms with Crippen molar-refractivity contribution in [1.82, 2.24) is 0 Å². The zero-order valence-corrected chi connectivity index (χ0v) is 31.5. The van der Waals surface area contributed by atoms with Crippen LogP contribution in [0.2, 0.25) is 0 Å². The first-order chi connectivity index (χ1) is 24.3. The van der Waals surface area contributed by atoms with Gasteiger partial charge < -0.3 is 28.4 Å². The first-order valence-corrected chi connectivity index (χ1v) is 17.9. The van der Waals surface area contributed by atoms with E-state index in [1.54, 1.807) is 62.3 Å². The number of anilines is 1. The van der Waals surface area contributed by atoms with E-state index in [0.717, 1.165) is 62.2 Å². The van der Waals surface area contributed by atoms with Crippen molar-refractivity contribution in [3.8, 4) is 11.5 Å². The maximum absolute atomic E-state index is 14.5. The van der Waals surface area contributed by atoms with E-state index in [-0.39, 0.29) is 26.9 Å². The third-order valence-electron chi connectivity index (χ3n) is 8.18. The molecule has 15 heteroatoms. The number of carbonyl (C=O) groups is 5. The molecule has 1 amide bonds. The van der Waals surface area contributed by atoms with Crippen LogP contribution in [-0.2, 0) is 42.9 Å². The van der Waals surface area contributed by atoms with Gasteiger partial charge in [-0.1, -0.05) is 59.6 Å². The SMILES string of the molecule is CCOc1cccc2c1N(C(=O)C=Cc1ccc(OC)cc1)C(C)(C)C1=C2C2(SC(C(=O)OC)=C(C(=O)OC)S2)C(C(=O)OC)=C(C(=O)OC)S1. The third-order valence-corrected chi connectivity index (χ3v) is 12.8. The summed E-state index contributed by atoms with van der Waals surface area (Å²) in [5.41, 5.74) is 0.618. The van der Waals surface area contributed by atoms with Crippen LogP contribution in [0.15, 0.2) is 73.7 Å². The molecular formula is C36H35NO11S3. The highest BCUT2D eigenvalue weighted by Crippen LogP contribution is 2.71. The number of rotatable bonds is 9. The molecule has 0 fully saturated rings. The van der Waals surface area contributed by atoms with Gasteiger partial charge in [0.1, 0.15) is 30.3 Å². The van der Waals surface area contributed by atoms with Crippen LogP contribution in [0.4, 0.5) is 5.69 Å². The normalized spacial score (nSPS) is 17.2. The van der Waals surface area contributed by atoms with Gasteiger partial charge in [-0.2, -0.15) is 0 Å². The van der Waals surface area contributed by atoms with Crippen molar-refractivity contribution in [3.63, 3.8) is 0 Å². The number of fused-ring (bicyclic) bond motifs is 3. The number of hydrogen-bond acceptors (Lipinski definition) is 14. The molecule has 0 aliphatic carbocycles. The van der Waals surface area contributed by atoms with E-state index in [4.69, 9.17) is 28.4 Å². The number of nitrogens with zero attached hydrogens (tertiary/aromatic N) is 1. The van der Waals surface area contributed by atoms with Crippen molar-refractivity contribution in [3.05, 3.63) is 84.9 Å². The Bertz CT molecular complexity index is 1910. The molecule has 3 aliphatic heterocycles. The minimum atomic E-state index is -1.71. The Morgan fingerprint density at radius 3 is 1.86 bits per heavy atom. The second-order valence-corrected chi connectivity index (χ2v) is 15.1. The molecule has 2 aromatic rings. The maximum atomic E-state index is 14.5. The monoisotopic (exact) mass is 753 g/mol. The molecule has 0 saturated carbocycles. The Kier molecular flexibility index (Phi) is 11.0. The average molecular weight is 754 g/mol. The molecule has 12 nitrogen and oxygen atoms in total. The van der Waals surface area contributed by atoms with E-state index >= 15 is 0 Å². The quantitative estimate of drug-likeness (QED) is 0.175. The summed E-state index contributed by atoms with van der Waals surface area (Å²) in [6.07, 6.45) is 3.11. The summed E-state index contributed by atoms with van der Waals surface area (Å²) < 4.78 is 30.2. The molecule has 0 bridgehead atoms. The van der Waals surface area contributed by atoms with E-state index in [2.05, 4.69) is 0 Å². The highest BCUT2D eigenvalue weighted by atomic mass is 32.2. The number of esters is 4. The van der Waals surface area contributed by atoms with Gasteiger partial charge in [0.15, 0.2) is 0 Å². The van der Waals surface area contributed by atoms with Crippen molar-refractivity contribution in [2.45, 2.75) is 30.4 Å². The van der Waals surface area contributed by atoms with Crippen LogP contribution in [0, 0.1) is 0 Å². The van der Waals surface area contributed by atoms with Gasteiger partial charge in [0.25, 0.3) is 5.91 Å². The maximum Gasteiger partial charge on any atom is 0.345 e. The molecular weight excluding hydrogens is 719 g/mol. The predicted molar refractivity (Wildman–Crippen MR) is 196 cm³/mol. The minimum absolute atomic E-state index is 0.139. The molecule has 3 heterocycles. The van der Waals surface area contributed by atoms with Crippen molar-refractivity contribution in [2.24, 2.45) is 0 Å². The van der Waals surface area contributed by atoms with Gasteiger partial charge in [-0.25, -0.2) is 19.2 Å². The molecule has 0 saturated heterocycles. The number of methoxy groups -OCH3 is 5. The van der Waals surface area contributed by atoms with Gasteiger partial charge >= 0.3 is 23.9 Å². The Balaban J connectivity index is 1.84. The first-order valence-electron chi connectivity index (χ1n) is 15.4. The highest BCUT2D eigenvalue weighted by molar-refractivity contribution is 8.26. The topological polar surface area (TPSA) is 144 Å². The van der Waals surface area contributed by atoms with E-state index in [1.165, 1.54) is 13.2 Å². The first kappa shape index (κ1) is 37.7. The Morgan fingerprint density at radius 2 is 1.33 bits per heavy atom. The van der Waals surface area contributed by atoms with Crippen molar-refractivity contribution in [2.75, 3.05) is 47.1 Å². The summed E-state index contributed by atoms with van der Waals surface area (Å²) in [6.45, 7) is 5.67. The number of thioether (sulfide) groups is 3. The lowest BCUT2D eigenvalue weighted by molar-refractivity contribution is -0.138. The summed E-state index contributed by atoms with van der Waals surface area (Å²) in [7, 11) is 6.22. The number of hydrogen-bond donors (Lipinski definition) is 0. The molecule has 2 aromatic carbocycles. The smallest absolute Gasteiger partial charge is 0.345 e. The van der Waals surface area contributed by atoms with Crippen LogP contribution < -0.4 is 14.4 Å². The lowest BCUT2D eigenvalue weighted by Crippen LogP contribution is -2.53. The van der Waals surface area contributed by atoms with E-state index in [0.29, 0.717) is 33.2 Å². The van der Waals surface area contributed by atoms with Crippen LogP contribution in [0.5, 0.6) is 11.5 Å². The summed E-state index contributed by atoms with van der Waals surface area (Å²) in [4.78, 5) is 70.1. The van der Waals surface area contributed by atoms with E-state index < -0.39 is 39.4 Å². The van der Waals surface area contributed by atoms with Crippen LogP contribution >= 0.6 is 35.3 Å². The lowest BCUT2D eigenvalue weighted by Gasteiger charge is -2.50. The number of amides is 1. The van der Waals surface area contributed by atoms with Crippen molar-refractivity contribution >= 4 is 82.4 Å². The Morgan fingerprint density at radius 1 is 0.765 bits per heavy atom. The second kappa shape index (κ2) is 14.9. The molecule has 0 N–H and O–H groups in total. The van der Waals surface area contributed by atoms with Gasteiger partial charge in [0, 0.05) is 22.1 Å². The Hall–Kier alpha value is -4.60. The van der Waals surface area contributed by atoms with Gasteiger partial charge in [-0.15, -0.1) is 0 Å². The van der Waals surface area contributed by atoms with Gasteiger partial charge in [-0.05, 0) is 50.6 Å². The van der Waals surface area contributed by atoms with Crippen molar-refractivity contribution in [1.29, 1.82) is 0 Å². The second-order valence-electron chi connectivity index (χ2n) is 11.4. The van der Waals surface area contributed by atoms with Crippen LogP contribution in [0.25, 0.3) is 11.6 Å². The third kappa shape index (κ3) is 6.42. The zero-order chi connectivity index (χ0) is 37.2. The Labute approximate surface area is 307 Å². The van der Waals surface area contributed by atoms with Gasteiger partial charge in [0.2, 0.25) is 0 Å². The summed E-state index contributed by atoms with van der Waals surface area (Å²) in [6, 6.07) is 12.4. The van der Waals surface area contributed by atoms with Crippen LogP contribution in [0.3, 0.4) is 0 Å². The van der Waals surface area contributed by atoms with E-state index in [1.807, 2.05) is 19.1 Å². The minimum Gasteiger partial charge on any atom is -0.497 e. The van der Waals surface area contributed by atoms with Crippen LogP contribution in [0.1, 0.15) is 31.9 Å². The molecule has 3 aliphatic rings. The standard InChI is InChI=1S/C36H35NO11S3/c1-9-48-22-12-10-11-21-24-30(35(2,3)37(26(21)22)23(38)18-15-19-13-16-20(43-4)17-14-19)49-27(32(40)45-6)25(31(39)44-5)36(24)50-28(33(41)46-7)29(51-36)34(42)47-8/h10-18H,9H2,1-8H3. The zero-order valence-electron chi connectivity index (χ0n) is 29.1. The summed E-state index contributed by atoms with van der Waals surface area (Å²) in [5.74, 6) is -2.85. The number of carbonyl (C=O) groups excluding carboxylic acids is 5. The number of ether oxygens (including phenoxy) is 6. The summed E-state index contributed by atoms with van der Waals surface area (Å²) in [5, 5.41) is 0. The summed E-state index contributed by atoms with van der Waals surface area (Å²) >= 11 is 2.66. The highest BCUT2D eigenvalue weighted by Gasteiger charge is 2.62. The average Bonchev–Trinajstić information content (AvgIpc) is 3.53. The predicted octanol–water partition coefficient (Wildman–Crippen LogP) is 5.72. The molecule has 0 unspecified atom stereocenters. The molecule has 51 heavy (non-hydrogen) atoms. The van der Waals surface area contributed by atoms with E-state index in [9.17, 15) is 24.0 Å². The van der Waals surface area contributed by atoms with Gasteiger partial charge in [-0.3, -0.25) is 9.69 Å². The fourth-order valence-electron chi connectivity index (χ4n) is 5.93. The fourth-order valence-corrected chi connectivity index (χ4v) is 11.0. The molecule has 5 rings (SSSR count). The van der Waals surface area contributed by atoms with Crippen LogP contribution in [-0.4, -0.2) is 81.6 Å². The molecule has 0 aromatic heterocycles. The van der Waals surface area contributed by atoms with Gasteiger partial charge in [0.05, 0.1) is 59.0 Å². The molecule has 0 radical (unpaired) electrons. The number of benzene rings is 2. The molecule has 1 spiro atoms. The fraction of sp³-hybridized carbons (Fsp3) is 0.306. The molecule has 268 valence electrons. The van der Waals surface area contributed by atoms with Crippen molar-refractivity contribution < 1.29 is 52.4 Å². The molecule has 0 atom stereocenters. The number of para-hydroxylation sites is 1. The largest absolute Gasteiger partial charge is 0.497 e.